The molecular formula is C36H32N3O+. The normalized spacial score (nSPS) is 24.2. The van der Waals surface area contributed by atoms with Gasteiger partial charge >= 0.3 is 0 Å². The number of nitrogens with zero attached hydrogens (tertiary/aromatic N) is 3. The van der Waals surface area contributed by atoms with E-state index < -0.39 is 0 Å². The number of pyridine rings is 2. The number of aliphatic imine (C=N–C) groups is 1. The molecule has 1 saturated carbocycles. The molecule has 2 aromatic carbocycles. The van der Waals surface area contributed by atoms with Crippen LogP contribution in [0.4, 0.5) is 0 Å². The predicted molar refractivity (Wildman–Crippen MR) is 161 cm³/mol. The van der Waals surface area contributed by atoms with Gasteiger partial charge in [0, 0.05) is 40.6 Å². The van der Waals surface area contributed by atoms with Crippen LogP contribution >= 0.6 is 0 Å². The van der Waals surface area contributed by atoms with Gasteiger partial charge in [-0.2, -0.15) is 4.57 Å². The van der Waals surface area contributed by atoms with Crippen LogP contribution in [0.2, 0.25) is 0 Å². The third-order valence-corrected chi connectivity index (χ3v) is 9.69. The molecule has 3 aliphatic rings. The Morgan fingerprint density at radius 2 is 1.88 bits per heavy atom. The summed E-state index contributed by atoms with van der Waals surface area (Å²) in [5, 5.41) is 2.18. The molecule has 0 radical (unpaired) electrons. The van der Waals surface area contributed by atoms with Crippen molar-refractivity contribution in [2.24, 2.45) is 10.9 Å². The van der Waals surface area contributed by atoms with E-state index >= 15 is 0 Å². The second kappa shape index (κ2) is 8.11. The van der Waals surface area contributed by atoms with Gasteiger partial charge in [0.25, 0.3) is 0 Å². The number of aromatic nitrogens is 2. The summed E-state index contributed by atoms with van der Waals surface area (Å²) in [6.07, 6.45) is 7.25. The van der Waals surface area contributed by atoms with Crippen LogP contribution in [0.15, 0.2) is 102 Å². The zero-order valence-corrected chi connectivity index (χ0v) is 23.2. The molecule has 4 heteroatoms. The van der Waals surface area contributed by atoms with Gasteiger partial charge in [-0.3, -0.25) is 4.99 Å². The van der Waals surface area contributed by atoms with Gasteiger partial charge in [0.2, 0.25) is 11.4 Å². The maximum Gasteiger partial charge on any atom is 0.227 e. The van der Waals surface area contributed by atoms with Crippen molar-refractivity contribution in [1.29, 1.82) is 0 Å². The molecule has 1 spiro atoms. The number of benzene rings is 2. The van der Waals surface area contributed by atoms with Crippen molar-refractivity contribution in [2.75, 3.05) is 0 Å². The van der Waals surface area contributed by atoms with Crippen LogP contribution < -0.4 is 4.57 Å². The van der Waals surface area contributed by atoms with E-state index in [0.717, 1.165) is 34.2 Å². The Morgan fingerprint density at radius 1 is 1.05 bits per heavy atom. The largest absolute Gasteiger partial charge is 0.437 e. The lowest BCUT2D eigenvalue weighted by Gasteiger charge is -2.57. The second-order valence-corrected chi connectivity index (χ2v) is 12.0. The van der Waals surface area contributed by atoms with Crippen molar-refractivity contribution >= 4 is 27.8 Å². The predicted octanol–water partition coefficient (Wildman–Crippen LogP) is 7.58. The molecule has 1 aliphatic carbocycles. The molecule has 4 atom stereocenters. The molecular weight excluding hydrogens is 490 g/mol. The average molecular weight is 523 g/mol. The topological polar surface area (TPSA) is 42.3 Å². The Balaban J connectivity index is 1.44. The highest BCUT2D eigenvalue weighted by Crippen LogP contribution is 2.61. The molecule has 0 saturated heterocycles. The first-order valence-corrected chi connectivity index (χ1v) is 14.3. The van der Waals surface area contributed by atoms with Crippen molar-refractivity contribution in [1.82, 2.24) is 4.98 Å². The fourth-order valence-electron chi connectivity index (χ4n) is 7.88. The summed E-state index contributed by atoms with van der Waals surface area (Å²) in [4.78, 5) is 9.99. The molecule has 0 bridgehead atoms. The first-order valence-electron chi connectivity index (χ1n) is 14.3. The number of fused-ring (bicyclic) bond motifs is 12. The molecule has 1 fully saturated rings. The monoisotopic (exact) mass is 522 g/mol. The fourth-order valence-corrected chi connectivity index (χ4v) is 7.88. The highest BCUT2D eigenvalue weighted by atomic mass is 16.3. The van der Waals surface area contributed by atoms with Gasteiger partial charge in [-0.25, -0.2) is 4.98 Å². The molecule has 5 aromatic rings. The van der Waals surface area contributed by atoms with Crippen LogP contribution in [0.25, 0.3) is 33.3 Å². The second-order valence-electron chi connectivity index (χ2n) is 12.0. The standard InChI is InChI=1S/C36H32N3O/c1-6-28-33-32(25-11-9-8-10-24(25)29(7-2)38-33)36(28)19-23-13-15-26-27-14-12-21(5)37-35(27)40-34(26)31(23)30-18-22(20(3)4)16-17-39(30)36/h6-18,20,28,32-33H,1-2,19H2,3-5H3/q+1. The van der Waals surface area contributed by atoms with E-state index in [2.05, 4.69) is 105 Å². The minimum Gasteiger partial charge on any atom is -0.437 e. The average Bonchev–Trinajstić information content (AvgIpc) is 3.33. The quantitative estimate of drug-likeness (QED) is 0.181. The first kappa shape index (κ1) is 23.6. The Bertz CT molecular complexity index is 1940. The van der Waals surface area contributed by atoms with E-state index in [1.807, 2.05) is 13.0 Å². The summed E-state index contributed by atoms with van der Waals surface area (Å²) in [6.45, 7) is 15.0. The summed E-state index contributed by atoms with van der Waals surface area (Å²) in [6, 6.07) is 22.3. The number of hydrogen-bond donors (Lipinski definition) is 0. The van der Waals surface area contributed by atoms with Crippen molar-refractivity contribution in [3.8, 4) is 11.3 Å². The van der Waals surface area contributed by atoms with Crippen LogP contribution in [-0.2, 0) is 12.0 Å². The fraction of sp³-hybridized carbons (Fsp3) is 0.250. The molecule has 5 heterocycles. The zero-order chi connectivity index (χ0) is 27.3. The van der Waals surface area contributed by atoms with Crippen LogP contribution in [0.3, 0.4) is 0 Å². The first-order chi connectivity index (χ1) is 19.5. The number of hydrogen-bond acceptors (Lipinski definition) is 3. The molecule has 40 heavy (non-hydrogen) atoms. The lowest BCUT2D eigenvalue weighted by atomic mass is 9.48. The smallest absolute Gasteiger partial charge is 0.227 e. The molecule has 8 rings (SSSR count). The maximum atomic E-state index is 6.58. The maximum absolute atomic E-state index is 6.58. The SMILES string of the molecule is C=CC1=NC2C(C=C)C3(Cc4ccc5c(oc6nc(C)ccc65)c4-c4cc(C(C)C)cc[n+]43)C2c2ccccc21. The van der Waals surface area contributed by atoms with Crippen molar-refractivity contribution < 1.29 is 8.98 Å². The minimum atomic E-state index is -0.217. The molecule has 0 N–H and O–H groups in total. The van der Waals surface area contributed by atoms with Gasteiger partial charge in [-0.05, 0) is 47.7 Å². The number of aryl methyl sites for hydroxylation is 1. The van der Waals surface area contributed by atoms with Crippen LogP contribution in [-0.4, -0.2) is 16.7 Å². The van der Waals surface area contributed by atoms with Gasteiger partial charge in [-0.15, -0.1) is 6.58 Å². The van der Waals surface area contributed by atoms with Gasteiger partial charge in [-0.1, -0.05) is 62.9 Å². The zero-order valence-electron chi connectivity index (χ0n) is 23.2. The van der Waals surface area contributed by atoms with Gasteiger partial charge in [0.15, 0.2) is 17.3 Å². The Hall–Kier alpha value is -4.31. The van der Waals surface area contributed by atoms with Crippen molar-refractivity contribution in [2.45, 2.75) is 50.6 Å². The van der Waals surface area contributed by atoms with Crippen LogP contribution in [0.5, 0.6) is 0 Å². The molecule has 2 aliphatic heterocycles. The lowest BCUT2D eigenvalue weighted by Crippen LogP contribution is -2.77. The molecule has 3 aromatic heterocycles. The van der Waals surface area contributed by atoms with Crippen molar-refractivity contribution in [3.05, 3.63) is 120 Å². The highest BCUT2D eigenvalue weighted by Gasteiger charge is 2.71. The summed E-state index contributed by atoms with van der Waals surface area (Å²) in [7, 11) is 0. The number of allylic oxidation sites excluding steroid dienone is 1. The summed E-state index contributed by atoms with van der Waals surface area (Å²) in [5.41, 5.74) is 10.9. The molecule has 196 valence electrons. The minimum absolute atomic E-state index is 0.134. The van der Waals surface area contributed by atoms with Gasteiger partial charge in [0.05, 0.1) is 29.2 Å². The van der Waals surface area contributed by atoms with E-state index in [-0.39, 0.29) is 23.4 Å². The van der Waals surface area contributed by atoms with Gasteiger partial charge < -0.3 is 4.42 Å². The van der Waals surface area contributed by atoms with E-state index in [1.54, 1.807) is 0 Å². The van der Waals surface area contributed by atoms with E-state index in [1.165, 1.54) is 33.5 Å². The van der Waals surface area contributed by atoms with Gasteiger partial charge in [0.1, 0.15) is 0 Å². The van der Waals surface area contributed by atoms with E-state index in [0.29, 0.717) is 11.6 Å². The summed E-state index contributed by atoms with van der Waals surface area (Å²) >= 11 is 0. The Labute approximate surface area is 234 Å². The molecule has 0 amide bonds. The molecule has 4 unspecified atom stereocenters. The van der Waals surface area contributed by atoms with Crippen molar-refractivity contribution in [3.63, 3.8) is 0 Å². The Kier molecular flexibility index (Phi) is 4.78. The summed E-state index contributed by atoms with van der Waals surface area (Å²) < 4.78 is 9.12. The third-order valence-electron chi connectivity index (χ3n) is 9.69. The van der Waals surface area contributed by atoms with Crippen LogP contribution in [0.1, 0.15) is 53.6 Å². The molecule has 4 nitrogen and oxygen atoms in total. The number of furan rings is 1. The third kappa shape index (κ3) is 2.84. The van der Waals surface area contributed by atoms with Crippen LogP contribution in [0, 0.1) is 12.8 Å². The lowest BCUT2D eigenvalue weighted by molar-refractivity contribution is -0.781. The number of rotatable bonds is 3. The Morgan fingerprint density at radius 3 is 2.67 bits per heavy atom. The highest BCUT2D eigenvalue weighted by molar-refractivity contribution is 6.11. The van der Waals surface area contributed by atoms with E-state index in [4.69, 9.17) is 14.4 Å². The van der Waals surface area contributed by atoms with E-state index in [9.17, 15) is 0 Å². The summed E-state index contributed by atoms with van der Waals surface area (Å²) in [5.74, 6) is 0.817.